The van der Waals surface area contributed by atoms with Gasteiger partial charge in [-0.05, 0) is 26.7 Å². The van der Waals surface area contributed by atoms with Crippen LogP contribution in [0.25, 0.3) is 0 Å². The molecule has 114 valence electrons. The van der Waals surface area contributed by atoms with E-state index in [1.54, 1.807) is 34.4 Å². The zero-order valence-corrected chi connectivity index (χ0v) is 14.5. The van der Waals surface area contributed by atoms with Gasteiger partial charge in [0.1, 0.15) is 5.01 Å². The van der Waals surface area contributed by atoms with Gasteiger partial charge in [-0.3, -0.25) is 4.79 Å². The van der Waals surface area contributed by atoms with E-state index in [0.29, 0.717) is 13.0 Å². The van der Waals surface area contributed by atoms with Crippen molar-refractivity contribution in [3.63, 3.8) is 0 Å². The first-order valence-corrected chi connectivity index (χ1v) is 9.42. The molecule has 2 aromatic rings. The molecule has 5 nitrogen and oxygen atoms in total. The number of hydrogen-bond acceptors (Lipinski definition) is 7. The van der Waals surface area contributed by atoms with E-state index >= 15 is 0 Å². The van der Waals surface area contributed by atoms with Crippen molar-refractivity contribution in [3.05, 3.63) is 21.1 Å². The second kappa shape index (κ2) is 8.45. The molecule has 2 rings (SSSR count). The van der Waals surface area contributed by atoms with E-state index in [9.17, 15) is 4.79 Å². The molecule has 2 heterocycles. The van der Waals surface area contributed by atoms with Gasteiger partial charge in [0, 0.05) is 23.6 Å². The van der Waals surface area contributed by atoms with Crippen LogP contribution in [0.2, 0.25) is 0 Å². The van der Waals surface area contributed by atoms with E-state index in [2.05, 4.69) is 20.5 Å². The molecular weight excluding hydrogens is 324 g/mol. The van der Waals surface area contributed by atoms with Gasteiger partial charge in [0.2, 0.25) is 5.91 Å². The number of carbonyl (C=O) groups is 1. The lowest BCUT2D eigenvalue weighted by Gasteiger charge is -2.04. The van der Waals surface area contributed by atoms with Gasteiger partial charge in [0.05, 0.1) is 11.2 Å². The van der Waals surface area contributed by atoms with Gasteiger partial charge in [0.15, 0.2) is 4.34 Å². The predicted molar refractivity (Wildman–Crippen MR) is 88.2 cm³/mol. The molecule has 0 radical (unpaired) electrons. The van der Waals surface area contributed by atoms with Crippen LogP contribution in [0.3, 0.4) is 0 Å². The highest BCUT2D eigenvalue weighted by Crippen LogP contribution is 2.22. The summed E-state index contributed by atoms with van der Waals surface area (Å²) in [4.78, 5) is 17.1. The number of hydrogen-bond donors (Lipinski definition) is 1. The van der Waals surface area contributed by atoms with Crippen molar-refractivity contribution < 1.29 is 4.79 Å². The van der Waals surface area contributed by atoms with Crippen molar-refractivity contribution in [1.82, 2.24) is 20.5 Å². The molecule has 0 unspecified atom stereocenters. The van der Waals surface area contributed by atoms with E-state index in [1.165, 1.54) is 4.88 Å². The summed E-state index contributed by atoms with van der Waals surface area (Å²) in [5.41, 5.74) is 2.87. The Hall–Kier alpha value is -0.990. The Kier molecular flexibility index (Phi) is 6.59. The molecule has 0 bridgehead atoms. The monoisotopic (exact) mass is 342 g/mol. The lowest BCUT2D eigenvalue weighted by molar-refractivity contribution is -0.121. The zero-order chi connectivity index (χ0) is 15.1. The highest BCUT2D eigenvalue weighted by Gasteiger charge is 2.06. The molecular formula is C13H18N4OS3. The Morgan fingerprint density at radius 1 is 1.38 bits per heavy atom. The number of nitrogens with zero attached hydrogens (tertiary/aromatic N) is 3. The second-order valence-electron chi connectivity index (χ2n) is 4.50. The average molecular weight is 343 g/mol. The number of aromatic nitrogens is 3. The summed E-state index contributed by atoms with van der Waals surface area (Å²) in [5.74, 6) is 1.06. The molecule has 0 saturated heterocycles. The average Bonchev–Trinajstić information content (AvgIpc) is 3.05. The Labute approximate surface area is 136 Å². The number of carbonyl (C=O) groups excluding carboxylic acids is 1. The number of nitrogens with one attached hydrogen (secondary N) is 1. The van der Waals surface area contributed by atoms with Crippen LogP contribution in [0.4, 0.5) is 0 Å². The van der Waals surface area contributed by atoms with Crippen LogP contribution in [-0.2, 0) is 11.2 Å². The fourth-order valence-corrected chi connectivity index (χ4v) is 4.28. The summed E-state index contributed by atoms with van der Waals surface area (Å²) in [5, 5.41) is 12.0. The third-order valence-corrected chi connectivity index (χ3v) is 5.85. The third-order valence-electron chi connectivity index (χ3n) is 2.80. The third kappa shape index (κ3) is 5.72. The van der Waals surface area contributed by atoms with Gasteiger partial charge in [-0.25, -0.2) is 4.98 Å². The number of amides is 1. The predicted octanol–water partition coefficient (Wildman–Crippen LogP) is 2.84. The van der Waals surface area contributed by atoms with E-state index in [-0.39, 0.29) is 5.91 Å². The fourth-order valence-electron chi connectivity index (χ4n) is 1.68. The lowest BCUT2D eigenvalue weighted by Crippen LogP contribution is -2.24. The molecule has 1 amide bonds. The molecule has 1 N–H and O–H groups in total. The minimum absolute atomic E-state index is 0.111. The quantitative estimate of drug-likeness (QED) is 0.590. The van der Waals surface area contributed by atoms with Crippen LogP contribution < -0.4 is 5.32 Å². The Morgan fingerprint density at radius 2 is 2.24 bits per heavy atom. The molecule has 2 aromatic heterocycles. The fraction of sp³-hybridized carbons (Fsp3) is 0.538. The minimum Gasteiger partial charge on any atom is -0.356 e. The van der Waals surface area contributed by atoms with E-state index in [4.69, 9.17) is 0 Å². The topological polar surface area (TPSA) is 67.8 Å². The minimum atomic E-state index is 0.111. The van der Waals surface area contributed by atoms with Gasteiger partial charge in [0.25, 0.3) is 0 Å². The molecule has 0 spiro atoms. The van der Waals surface area contributed by atoms with Crippen LogP contribution in [0.1, 0.15) is 28.4 Å². The molecule has 0 aliphatic heterocycles. The first-order chi connectivity index (χ1) is 10.1. The van der Waals surface area contributed by atoms with Gasteiger partial charge >= 0.3 is 0 Å². The van der Waals surface area contributed by atoms with Gasteiger partial charge in [-0.2, -0.15) is 0 Å². The van der Waals surface area contributed by atoms with Gasteiger partial charge in [-0.15, -0.1) is 21.5 Å². The molecule has 8 heteroatoms. The van der Waals surface area contributed by atoms with Crippen molar-refractivity contribution >= 4 is 40.3 Å². The summed E-state index contributed by atoms with van der Waals surface area (Å²) >= 11 is 4.92. The molecule has 0 fully saturated rings. The van der Waals surface area contributed by atoms with Crippen LogP contribution in [-0.4, -0.2) is 33.4 Å². The molecule has 0 atom stereocenters. The standard InChI is InChI=1S/C13H18N4OS3/c1-9-11(20-8-15-9)4-5-12(18)14-6-3-7-19-13-17-16-10(2)21-13/h8H,3-7H2,1-2H3,(H,14,18). The molecule has 21 heavy (non-hydrogen) atoms. The Morgan fingerprint density at radius 3 is 2.90 bits per heavy atom. The lowest BCUT2D eigenvalue weighted by atomic mass is 10.2. The first-order valence-electron chi connectivity index (χ1n) is 6.73. The molecule has 0 saturated carbocycles. The maximum atomic E-state index is 11.7. The first kappa shape index (κ1) is 16.4. The maximum absolute atomic E-state index is 11.7. The summed E-state index contributed by atoms with van der Waals surface area (Å²) in [6.45, 7) is 4.65. The second-order valence-corrected chi connectivity index (χ2v) is 7.96. The van der Waals surface area contributed by atoms with Crippen LogP contribution in [0, 0.1) is 13.8 Å². The summed E-state index contributed by atoms with van der Waals surface area (Å²) in [6.07, 6.45) is 2.25. The van der Waals surface area contributed by atoms with E-state index in [0.717, 1.165) is 33.6 Å². The summed E-state index contributed by atoms with van der Waals surface area (Å²) < 4.78 is 1.000. The van der Waals surface area contributed by atoms with Gasteiger partial charge < -0.3 is 5.32 Å². The highest BCUT2D eigenvalue weighted by atomic mass is 32.2. The number of thiazole rings is 1. The highest BCUT2D eigenvalue weighted by molar-refractivity contribution is 8.01. The molecule has 0 aromatic carbocycles. The van der Waals surface area contributed by atoms with Gasteiger partial charge in [-0.1, -0.05) is 23.1 Å². The Bertz CT molecular complexity index is 581. The summed E-state index contributed by atoms with van der Waals surface area (Å²) in [6, 6.07) is 0. The Balaban J connectivity index is 1.54. The van der Waals surface area contributed by atoms with E-state index in [1.807, 2.05) is 19.4 Å². The van der Waals surface area contributed by atoms with Crippen molar-refractivity contribution in [2.75, 3.05) is 12.3 Å². The smallest absolute Gasteiger partial charge is 0.220 e. The van der Waals surface area contributed by atoms with Crippen LogP contribution in [0.15, 0.2) is 9.85 Å². The number of aryl methyl sites for hydroxylation is 3. The van der Waals surface area contributed by atoms with Crippen molar-refractivity contribution in [1.29, 1.82) is 0 Å². The van der Waals surface area contributed by atoms with Crippen molar-refractivity contribution in [2.24, 2.45) is 0 Å². The normalized spacial score (nSPS) is 10.8. The van der Waals surface area contributed by atoms with E-state index < -0.39 is 0 Å². The summed E-state index contributed by atoms with van der Waals surface area (Å²) in [7, 11) is 0. The molecule has 0 aliphatic rings. The number of thioether (sulfide) groups is 1. The van der Waals surface area contributed by atoms with Crippen LogP contribution >= 0.6 is 34.4 Å². The number of rotatable bonds is 8. The van der Waals surface area contributed by atoms with Crippen molar-refractivity contribution in [2.45, 2.75) is 37.4 Å². The largest absolute Gasteiger partial charge is 0.356 e. The maximum Gasteiger partial charge on any atom is 0.220 e. The van der Waals surface area contributed by atoms with Crippen LogP contribution in [0.5, 0.6) is 0 Å². The SMILES string of the molecule is Cc1nnc(SCCCNC(=O)CCc2scnc2C)s1. The molecule has 0 aliphatic carbocycles. The van der Waals surface area contributed by atoms with Crippen molar-refractivity contribution in [3.8, 4) is 0 Å². The zero-order valence-electron chi connectivity index (χ0n) is 12.1.